The summed E-state index contributed by atoms with van der Waals surface area (Å²) < 4.78 is 0. The van der Waals surface area contributed by atoms with Crippen molar-refractivity contribution in [1.82, 2.24) is 15.3 Å². The standard InChI is InChI=1S/C14H24N4/c1-3-5-13-8-14(18-11(2)17-13)16-10-12-6-4-7-15-9-12/h8,12,15H,3-7,9-10H2,1-2H3,(H,16,17,18). The smallest absolute Gasteiger partial charge is 0.129 e. The van der Waals surface area contributed by atoms with Crippen molar-refractivity contribution in [3.63, 3.8) is 0 Å². The van der Waals surface area contributed by atoms with E-state index >= 15 is 0 Å². The third kappa shape index (κ3) is 3.95. The van der Waals surface area contributed by atoms with E-state index in [1.807, 2.05) is 6.92 Å². The van der Waals surface area contributed by atoms with Gasteiger partial charge in [-0.15, -0.1) is 0 Å². The Labute approximate surface area is 110 Å². The lowest BCUT2D eigenvalue weighted by Gasteiger charge is -2.23. The monoisotopic (exact) mass is 248 g/mol. The number of nitrogens with one attached hydrogen (secondary N) is 2. The average molecular weight is 248 g/mol. The van der Waals surface area contributed by atoms with Crippen molar-refractivity contribution in [2.45, 2.75) is 39.5 Å². The minimum atomic E-state index is 0.726. The van der Waals surface area contributed by atoms with Crippen LogP contribution < -0.4 is 10.6 Å². The van der Waals surface area contributed by atoms with E-state index in [0.29, 0.717) is 0 Å². The van der Waals surface area contributed by atoms with Crippen LogP contribution in [0.1, 0.15) is 37.7 Å². The fraction of sp³-hybridized carbons (Fsp3) is 0.714. The van der Waals surface area contributed by atoms with Crippen LogP contribution in [0.15, 0.2) is 6.07 Å². The van der Waals surface area contributed by atoms with Gasteiger partial charge in [0.05, 0.1) is 0 Å². The lowest BCUT2D eigenvalue weighted by molar-refractivity contribution is 0.392. The maximum absolute atomic E-state index is 4.46. The molecule has 0 aliphatic carbocycles. The first-order chi connectivity index (χ1) is 8.78. The highest BCUT2D eigenvalue weighted by atomic mass is 15.0. The van der Waals surface area contributed by atoms with Crippen LogP contribution in [0.5, 0.6) is 0 Å². The molecular formula is C14H24N4. The summed E-state index contributed by atoms with van der Waals surface area (Å²) in [5, 5.41) is 6.90. The van der Waals surface area contributed by atoms with Gasteiger partial charge in [-0.25, -0.2) is 9.97 Å². The number of anilines is 1. The van der Waals surface area contributed by atoms with Crippen molar-refractivity contribution < 1.29 is 0 Å². The summed E-state index contributed by atoms with van der Waals surface area (Å²) in [7, 11) is 0. The number of piperidine rings is 1. The first kappa shape index (κ1) is 13.3. The maximum Gasteiger partial charge on any atom is 0.129 e. The average Bonchev–Trinajstić information content (AvgIpc) is 2.37. The van der Waals surface area contributed by atoms with Gasteiger partial charge in [-0.2, -0.15) is 0 Å². The molecule has 4 nitrogen and oxygen atoms in total. The zero-order valence-electron chi connectivity index (χ0n) is 11.5. The van der Waals surface area contributed by atoms with Gasteiger partial charge in [0.25, 0.3) is 0 Å². The van der Waals surface area contributed by atoms with Crippen LogP contribution in [0.3, 0.4) is 0 Å². The zero-order valence-corrected chi connectivity index (χ0v) is 11.5. The lowest BCUT2D eigenvalue weighted by atomic mass is 10.00. The Balaban J connectivity index is 1.91. The van der Waals surface area contributed by atoms with E-state index in [0.717, 1.165) is 49.2 Å². The van der Waals surface area contributed by atoms with Crippen LogP contribution in [0.25, 0.3) is 0 Å². The first-order valence-electron chi connectivity index (χ1n) is 7.07. The van der Waals surface area contributed by atoms with Gasteiger partial charge in [0, 0.05) is 18.3 Å². The Morgan fingerprint density at radius 3 is 3.06 bits per heavy atom. The number of aryl methyl sites for hydroxylation is 2. The molecule has 2 heterocycles. The molecule has 100 valence electrons. The highest BCUT2D eigenvalue weighted by molar-refractivity contribution is 5.36. The van der Waals surface area contributed by atoms with Crippen molar-refractivity contribution >= 4 is 5.82 Å². The molecule has 1 aromatic rings. The predicted octanol–water partition coefficient (Wildman–Crippen LogP) is 2.15. The normalized spacial score (nSPS) is 19.8. The Morgan fingerprint density at radius 1 is 1.44 bits per heavy atom. The molecule has 0 saturated carbocycles. The van der Waals surface area contributed by atoms with Gasteiger partial charge in [0.2, 0.25) is 0 Å². The van der Waals surface area contributed by atoms with Crippen molar-refractivity contribution in [2.75, 3.05) is 25.0 Å². The second-order valence-corrected chi connectivity index (χ2v) is 5.14. The molecule has 4 heteroatoms. The highest BCUT2D eigenvalue weighted by Crippen LogP contribution is 2.13. The van der Waals surface area contributed by atoms with Crippen LogP contribution in [-0.2, 0) is 6.42 Å². The van der Waals surface area contributed by atoms with Gasteiger partial charge in [-0.05, 0) is 45.2 Å². The van der Waals surface area contributed by atoms with Crippen molar-refractivity contribution in [1.29, 1.82) is 0 Å². The molecule has 1 aliphatic rings. The van der Waals surface area contributed by atoms with Crippen LogP contribution in [0, 0.1) is 12.8 Å². The first-order valence-corrected chi connectivity index (χ1v) is 7.07. The molecule has 1 saturated heterocycles. The summed E-state index contributed by atoms with van der Waals surface area (Å²) in [6.45, 7) is 7.45. The van der Waals surface area contributed by atoms with Crippen molar-refractivity contribution in [2.24, 2.45) is 5.92 Å². The molecule has 1 unspecified atom stereocenters. The van der Waals surface area contributed by atoms with Gasteiger partial charge in [0.15, 0.2) is 0 Å². The summed E-state index contributed by atoms with van der Waals surface area (Å²) in [6, 6.07) is 2.09. The topological polar surface area (TPSA) is 49.8 Å². The number of nitrogens with zero attached hydrogens (tertiary/aromatic N) is 2. The molecule has 0 aromatic carbocycles. The summed E-state index contributed by atoms with van der Waals surface area (Å²) in [5.74, 6) is 2.57. The van der Waals surface area contributed by atoms with E-state index < -0.39 is 0 Å². The largest absolute Gasteiger partial charge is 0.370 e. The van der Waals surface area contributed by atoms with Gasteiger partial charge >= 0.3 is 0 Å². The van der Waals surface area contributed by atoms with Crippen LogP contribution in [-0.4, -0.2) is 29.6 Å². The van der Waals surface area contributed by atoms with Crippen LogP contribution in [0.2, 0.25) is 0 Å². The fourth-order valence-corrected chi connectivity index (χ4v) is 2.45. The molecule has 18 heavy (non-hydrogen) atoms. The van der Waals surface area contributed by atoms with E-state index in [1.165, 1.54) is 19.4 Å². The van der Waals surface area contributed by atoms with Crippen molar-refractivity contribution in [3.05, 3.63) is 17.6 Å². The molecule has 0 amide bonds. The fourth-order valence-electron chi connectivity index (χ4n) is 2.45. The third-order valence-electron chi connectivity index (χ3n) is 3.37. The number of hydrogen-bond donors (Lipinski definition) is 2. The molecule has 0 bridgehead atoms. The van der Waals surface area contributed by atoms with Gasteiger partial charge in [-0.3, -0.25) is 0 Å². The Morgan fingerprint density at radius 2 is 2.33 bits per heavy atom. The quantitative estimate of drug-likeness (QED) is 0.838. The zero-order chi connectivity index (χ0) is 12.8. The summed E-state index contributed by atoms with van der Waals surface area (Å²) in [4.78, 5) is 8.91. The van der Waals surface area contributed by atoms with Crippen LogP contribution in [0.4, 0.5) is 5.82 Å². The molecule has 0 radical (unpaired) electrons. The van der Waals surface area contributed by atoms with E-state index in [1.54, 1.807) is 0 Å². The Bertz CT molecular complexity index is 372. The minimum absolute atomic E-state index is 0.726. The predicted molar refractivity (Wildman–Crippen MR) is 74.8 cm³/mol. The molecular weight excluding hydrogens is 224 g/mol. The lowest BCUT2D eigenvalue weighted by Crippen LogP contribution is -2.33. The number of aromatic nitrogens is 2. The molecule has 0 spiro atoms. The molecule has 2 rings (SSSR count). The maximum atomic E-state index is 4.46. The molecule has 2 N–H and O–H groups in total. The van der Waals surface area contributed by atoms with Gasteiger partial charge in [-0.1, -0.05) is 13.3 Å². The minimum Gasteiger partial charge on any atom is -0.370 e. The Kier molecular flexibility index (Phi) is 4.93. The van der Waals surface area contributed by atoms with E-state index in [9.17, 15) is 0 Å². The summed E-state index contributed by atoms with van der Waals surface area (Å²) >= 11 is 0. The van der Waals surface area contributed by atoms with E-state index in [-0.39, 0.29) is 0 Å². The summed E-state index contributed by atoms with van der Waals surface area (Å²) in [5.41, 5.74) is 1.15. The SMILES string of the molecule is CCCc1cc(NCC2CCCNC2)nc(C)n1. The number of hydrogen-bond acceptors (Lipinski definition) is 4. The second-order valence-electron chi connectivity index (χ2n) is 5.14. The number of rotatable bonds is 5. The highest BCUT2D eigenvalue weighted by Gasteiger charge is 2.12. The third-order valence-corrected chi connectivity index (χ3v) is 3.37. The molecule has 1 aliphatic heterocycles. The van der Waals surface area contributed by atoms with Gasteiger partial charge in [0.1, 0.15) is 11.6 Å². The molecule has 1 fully saturated rings. The van der Waals surface area contributed by atoms with E-state index in [4.69, 9.17) is 0 Å². The van der Waals surface area contributed by atoms with E-state index in [2.05, 4.69) is 33.6 Å². The molecule has 1 aromatic heterocycles. The molecule has 1 atom stereocenters. The van der Waals surface area contributed by atoms with Crippen molar-refractivity contribution in [3.8, 4) is 0 Å². The Hall–Kier alpha value is -1.16. The summed E-state index contributed by atoms with van der Waals surface area (Å²) in [6.07, 6.45) is 4.76. The second kappa shape index (κ2) is 6.69. The van der Waals surface area contributed by atoms with Gasteiger partial charge < -0.3 is 10.6 Å². The van der Waals surface area contributed by atoms with Crippen LogP contribution >= 0.6 is 0 Å².